The zero-order valence-corrected chi connectivity index (χ0v) is 23.3. The Kier molecular flexibility index (Phi) is 8.42. The maximum atomic E-state index is 14.1. The lowest BCUT2D eigenvalue weighted by Gasteiger charge is -2.35. The Balaban J connectivity index is 1.41. The molecule has 6 N–H and O–H groups in total. The number of imidazole rings is 1. The average Bonchev–Trinajstić information content (AvgIpc) is 3.68. The smallest absolute Gasteiger partial charge is 0.248 e. The van der Waals surface area contributed by atoms with E-state index in [4.69, 9.17) is 15.2 Å². The number of ketones is 1. The molecule has 1 saturated carbocycles. The van der Waals surface area contributed by atoms with E-state index in [0.29, 0.717) is 18.0 Å². The lowest BCUT2D eigenvalue weighted by atomic mass is 9.81. The van der Waals surface area contributed by atoms with Gasteiger partial charge in [0.2, 0.25) is 11.7 Å². The number of Topliss-reactive ketones (excluding diaryl/α,β-unsaturated/α-hetero) is 1. The molecule has 4 atom stereocenters. The fourth-order valence-electron chi connectivity index (χ4n) is 6.06. The van der Waals surface area contributed by atoms with E-state index in [-0.39, 0.29) is 31.4 Å². The second-order valence-corrected chi connectivity index (χ2v) is 12.0. The second-order valence-electron chi connectivity index (χ2n) is 12.0. The van der Waals surface area contributed by atoms with Gasteiger partial charge in [0, 0.05) is 29.9 Å². The van der Waals surface area contributed by atoms with Crippen molar-refractivity contribution >= 4 is 22.6 Å². The van der Waals surface area contributed by atoms with Crippen molar-refractivity contribution in [1.29, 1.82) is 0 Å². The van der Waals surface area contributed by atoms with Crippen LogP contribution in [0.2, 0.25) is 0 Å². The molecule has 10 heteroatoms. The van der Waals surface area contributed by atoms with Crippen LogP contribution in [0, 0.1) is 5.92 Å². The van der Waals surface area contributed by atoms with Gasteiger partial charge in [-0.15, -0.1) is 0 Å². The van der Waals surface area contributed by atoms with Crippen LogP contribution in [-0.4, -0.2) is 67.9 Å². The predicted molar refractivity (Wildman–Crippen MR) is 150 cm³/mol. The Morgan fingerprint density at radius 3 is 2.67 bits per heavy atom. The molecule has 1 saturated heterocycles. The molecule has 1 aromatic carbocycles. The number of hydrogen-bond donors (Lipinski definition) is 5. The Bertz CT molecular complexity index is 1270. The number of H-pyrrole nitrogens is 2. The number of nitrogens with zero attached hydrogens (tertiary/aromatic N) is 1. The van der Waals surface area contributed by atoms with Crippen LogP contribution < -0.4 is 11.1 Å². The SMILES string of the molecule is CC1(C)OCO[C@H]1C[C@H](O)[C@H](CC1CCCCC1)NC(=O)[C@@](N)(Cc1c[nH]cn1)C(=O)c1cc2ccccc2[nH]1. The van der Waals surface area contributed by atoms with Crippen molar-refractivity contribution in [2.75, 3.05) is 6.79 Å². The quantitative estimate of drug-likeness (QED) is 0.181. The normalized spacial score (nSPS) is 22.6. The molecule has 0 spiro atoms. The third kappa shape index (κ3) is 6.15. The van der Waals surface area contributed by atoms with E-state index >= 15 is 0 Å². The number of rotatable bonds is 11. The number of aliphatic hydroxyl groups is 1. The average molecular weight is 552 g/mol. The summed E-state index contributed by atoms with van der Waals surface area (Å²) in [4.78, 5) is 38.2. The Morgan fingerprint density at radius 2 is 2.00 bits per heavy atom. The molecule has 0 radical (unpaired) electrons. The summed E-state index contributed by atoms with van der Waals surface area (Å²) >= 11 is 0. The molecule has 5 rings (SSSR count). The van der Waals surface area contributed by atoms with Crippen molar-refractivity contribution in [3.63, 3.8) is 0 Å². The third-order valence-electron chi connectivity index (χ3n) is 8.62. The summed E-state index contributed by atoms with van der Waals surface area (Å²) in [7, 11) is 0. The Morgan fingerprint density at radius 1 is 1.23 bits per heavy atom. The van der Waals surface area contributed by atoms with Gasteiger partial charge >= 0.3 is 0 Å². The van der Waals surface area contributed by atoms with Crippen molar-refractivity contribution < 1.29 is 24.2 Å². The summed E-state index contributed by atoms with van der Waals surface area (Å²) in [6.45, 7) is 4.03. The van der Waals surface area contributed by atoms with Crippen molar-refractivity contribution in [3.8, 4) is 0 Å². The van der Waals surface area contributed by atoms with Crippen molar-refractivity contribution in [2.24, 2.45) is 11.7 Å². The van der Waals surface area contributed by atoms with E-state index < -0.39 is 35.0 Å². The van der Waals surface area contributed by atoms with Gasteiger partial charge in [-0.25, -0.2) is 4.98 Å². The molecular weight excluding hydrogens is 510 g/mol. The molecule has 1 aliphatic heterocycles. The molecule has 1 aliphatic carbocycles. The standard InChI is InChI=1S/C30H41N5O5/c1-29(2)26(39-18-40-29)14-25(36)23(12-19-8-4-3-5-9-19)35-28(38)30(31,15-21-16-32-17-33-21)27(37)24-13-20-10-6-7-11-22(20)34-24/h6-7,10-11,13,16-17,19,23,25-26,34,36H,3-5,8-9,12,14-15,18,31H2,1-2H3,(H,32,33)(H,35,38)/t23-,25-,26-,30+/m0/s1. The first-order valence-corrected chi connectivity index (χ1v) is 14.3. The van der Waals surface area contributed by atoms with E-state index in [1.165, 1.54) is 12.7 Å². The van der Waals surface area contributed by atoms with Gasteiger partial charge in [0.1, 0.15) is 6.79 Å². The summed E-state index contributed by atoms with van der Waals surface area (Å²) in [6.07, 6.45) is 8.22. The number of aromatic nitrogens is 3. The lowest BCUT2D eigenvalue weighted by Crippen LogP contribution is -2.64. The molecule has 0 unspecified atom stereocenters. The van der Waals surface area contributed by atoms with Gasteiger partial charge < -0.3 is 35.6 Å². The van der Waals surface area contributed by atoms with Crippen molar-refractivity contribution in [3.05, 3.63) is 54.2 Å². The molecule has 216 valence electrons. The zero-order chi connectivity index (χ0) is 28.3. The number of para-hydroxylation sites is 1. The second kappa shape index (κ2) is 11.8. The van der Waals surface area contributed by atoms with Crippen LogP contribution in [0.1, 0.15) is 75.0 Å². The number of aliphatic hydroxyl groups excluding tert-OH is 1. The number of carbonyl (C=O) groups is 2. The van der Waals surface area contributed by atoms with Crippen LogP contribution in [-0.2, 0) is 20.7 Å². The summed E-state index contributed by atoms with van der Waals surface area (Å²) < 4.78 is 11.4. The minimum atomic E-state index is -1.95. The monoisotopic (exact) mass is 551 g/mol. The maximum absolute atomic E-state index is 14.1. The maximum Gasteiger partial charge on any atom is 0.248 e. The van der Waals surface area contributed by atoms with Gasteiger partial charge in [0.05, 0.1) is 41.6 Å². The van der Waals surface area contributed by atoms with Gasteiger partial charge in [-0.05, 0) is 38.3 Å². The number of aromatic amines is 2. The van der Waals surface area contributed by atoms with E-state index in [9.17, 15) is 14.7 Å². The molecular formula is C30H41N5O5. The Labute approximate surface area is 234 Å². The lowest BCUT2D eigenvalue weighted by molar-refractivity contribution is -0.126. The molecule has 3 heterocycles. The summed E-state index contributed by atoms with van der Waals surface area (Å²) in [5, 5.41) is 15.3. The fourth-order valence-corrected chi connectivity index (χ4v) is 6.06. The van der Waals surface area contributed by atoms with Gasteiger partial charge in [-0.1, -0.05) is 50.3 Å². The molecule has 1 amide bonds. The van der Waals surface area contributed by atoms with Crippen LogP contribution in [0.15, 0.2) is 42.9 Å². The van der Waals surface area contributed by atoms with Gasteiger partial charge in [0.25, 0.3) is 0 Å². The number of nitrogens with one attached hydrogen (secondary N) is 3. The molecule has 2 aliphatic rings. The number of hydrogen-bond acceptors (Lipinski definition) is 7. The van der Waals surface area contributed by atoms with Crippen molar-refractivity contribution in [2.45, 2.75) is 94.6 Å². The number of carbonyl (C=O) groups excluding carboxylic acids is 2. The van der Waals surface area contributed by atoms with Crippen molar-refractivity contribution in [1.82, 2.24) is 20.3 Å². The highest BCUT2D eigenvalue weighted by molar-refractivity contribution is 6.18. The van der Waals surface area contributed by atoms with Crippen LogP contribution in [0.25, 0.3) is 10.9 Å². The van der Waals surface area contributed by atoms with Crippen LogP contribution >= 0.6 is 0 Å². The first-order chi connectivity index (χ1) is 19.2. The minimum Gasteiger partial charge on any atom is -0.391 e. The van der Waals surface area contributed by atoms with Gasteiger partial charge in [0.15, 0.2) is 5.54 Å². The highest BCUT2D eigenvalue weighted by atomic mass is 16.7. The van der Waals surface area contributed by atoms with E-state index in [0.717, 1.165) is 36.6 Å². The third-order valence-corrected chi connectivity index (χ3v) is 8.62. The predicted octanol–water partition coefficient (Wildman–Crippen LogP) is 3.37. The minimum absolute atomic E-state index is 0.102. The summed E-state index contributed by atoms with van der Waals surface area (Å²) in [5.41, 5.74) is 5.77. The molecule has 40 heavy (non-hydrogen) atoms. The van der Waals surface area contributed by atoms with Gasteiger partial charge in [-0.3, -0.25) is 9.59 Å². The van der Waals surface area contributed by atoms with E-state index in [1.807, 2.05) is 38.1 Å². The van der Waals surface area contributed by atoms with Crippen LogP contribution in [0.5, 0.6) is 0 Å². The van der Waals surface area contributed by atoms with E-state index in [2.05, 4.69) is 20.3 Å². The van der Waals surface area contributed by atoms with Crippen LogP contribution in [0.4, 0.5) is 0 Å². The Hall–Kier alpha value is -3.05. The number of ether oxygens (including phenoxy) is 2. The van der Waals surface area contributed by atoms with Crippen LogP contribution in [0.3, 0.4) is 0 Å². The fraction of sp³-hybridized carbons (Fsp3) is 0.567. The summed E-state index contributed by atoms with van der Waals surface area (Å²) in [5.74, 6) is -0.809. The molecule has 2 fully saturated rings. The first kappa shape index (κ1) is 28.5. The van der Waals surface area contributed by atoms with E-state index in [1.54, 1.807) is 12.3 Å². The topological polar surface area (TPSA) is 155 Å². The largest absolute Gasteiger partial charge is 0.391 e. The number of benzene rings is 1. The van der Waals surface area contributed by atoms with Gasteiger partial charge in [-0.2, -0.15) is 0 Å². The first-order valence-electron chi connectivity index (χ1n) is 14.3. The number of amides is 1. The number of nitrogens with two attached hydrogens (primary N) is 1. The number of fused-ring (bicyclic) bond motifs is 1. The zero-order valence-electron chi connectivity index (χ0n) is 23.3. The highest BCUT2D eigenvalue weighted by Crippen LogP contribution is 2.32. The molecule has 2 aromatic heterocycles. The molecule has 3 aromatic rings. The molecule has 0 bridgehead atoms. The highest BCUT2D eigenvalue weighted by Gasteiger charge is 2.46. The summed E-state index contributed by atoms with van der Waals surface area (Å²) in [6, 6.07) is 8.62. The molecule has 10 nitrogen and oxygen atoms in total.